The summed E-state index contributed by atoms with van der Waals surface area (Å²) in [5.74, 6) is 0.117. The number of allylic oxidation sites excluding steroid dienone is 1. The van der Waals surface area contributed by atoms with Crippen molar-refractivity contribution in [3.8, 4) is 0 Å². The number of fused-ring (bicyclic) bond motifs is 1. The number of esters is 1. The third kappa shape index (κ3) is 3.81. The van der Waals surface area contributed by atoms with Gasteiger partial charge in [-0.3, -0.25) is 9.59 Å². The molecule has 1 unspecified atom stereocenters. The van der Waals surface area contributed by atoms with Crippen LogP contribution in [0.4, 0.5) is 15.9 Å². The van der Waals surface area contributed by atoms with Crippen molar-refractivity contribution in [3.63, 3.8) is 0 Å². The first-order valence-corrected chi connectivity index (χ1v) is 11.1. The van der Waals surface area contributed by atoms with E-state index in [1.54, 1.807) is 12.3 Å². The van der Waals surface area contributed by atoms with E-state index in [4.69, 9.17) is 9.47 Å². The maximum atomic E-state index is 13.9. The van der Waals surface area contributed by atoms with E-state index in [1.807, 2.05) is 37.0 Å². The van der Waals surface area contributed by atoms with E-state index in [1.165, 1.54) is 19.2 Å². The van der Waals surface area contributed by atoms with Gasteiger partial charge in [0.05, 0.1) is 12.7 Å². The molecule has 176 valence electrons. The molecule has 3 aliphatic heterocycles. The number of nitrogens with zero attached hydrogens (tertiary/aromatic N) is 2. The van der Waals surface area contributed by atoms with Crippen molar-refractivity contribution in [1.82, 2.24) is 10.3 Å². The number of methoxy groups -OCH3 is 1. The van der Waals surface area contributed by atoms with Crippen LogP contribution in [0.3, 0.4) is 0 Å². The molecule has 4 heterocycles. The standard InChI is InChI=1S/C25H25FN4O4/c1-25(2)17(11-20(34-25)22-16-10-15(26)5-6-18(16)29-23(22)31)14-4-7-21(28-12-14)30-9-8-27-19(13-30)24(32)33-3/h4-7,10-12,19,27H,8-9,13H2,1-3H3,(H,29,31)/b22-20+. The Morgan fingerprint density at radius 3 is 2.85 bits per heavy atom. The second-order valence-electron chi connectivity index (χ2n) is 8.93. The molecule has 0 spiro atoms. The van der Waals surface area contributed by atoms with E-state index in [0.717, 1.165) is 23.5 Å². The highest BCUT2D eigenvalue weighted by molar-refractivity contribution is 6.32. The van der Waals surface area contributed by atoms with Crippen LogP contribution in [-0.4, -0.2) is 55.2 Å². The van der Waals surface area contributed by atoms with E-state index in [2.05, 4.69) is 15.6 Å². The van der Waals surface area contributed by atoms with Crippen LogP contribution in [0.2, 0.25) is 0 Å². The Kier molecular flexibility index (Phi) is 5.36. The normalized spacial score (nSPS) is 23.2. The number of amides is 1. The Morgan fingerprint density at radius 2 is 2.12 bits per heavy atom. The Labute approximate surface area is 196 Å². The molecule has 0 radical (unpaired) electrons. The summed E-state index contributed by atoms with van der Waals surface area (Å²) in [7, 11) is 1.38. The minimum absolute atomic E-state index is 0.297. The number of hydrogen-bond acceptors (Lipinski definition) is 7. The number of carbonyl (C=O) groups excluding carboxylic acids is 2. The third-order valence-corrected chi connectivity index (χ3v) is 6.31. The van der Waals surface area contributed by atoms with E-state index in [9.17, 15) is 14.0 Å². The van der Waals surface area contributed by atoms with Gasteiger partial charge >= 0.3 is 5.97 Å². The topological polar surface area (TPSA) is 92.8 Å². The van der Waals surface area contributed by atoms with Crippen molar-refractivity contribution >= 4 is 34.5 Å². The van der Waals surface area contributed by atoms with Crippen molar-refractivity contribution in [2.24, 2.45) is 0 Å². The highest BCUT2D eigenvalue weighted by Crippen LogP contribution is 2.44. The van der Waals surface area contributed by atoms with Crippen molar-refractivity contribution < 1.29 is 23.5 Å². The van der Waals surface area contributed by atoms with Gasteiger partial charge in [-0.1, -0.05) is 0 Å². The molecule has 0 bridgehead atoms. The molecule has 9 heteroatoms. The van der Waals surface area contributed by atoms with Crippen LogP contribution in [0.25, 0.3) is 11.1 Å². The highest BCUT2D eigenvalue weighted by atomic mass is 19.1. The largest absolute Gasteiger partial charge is 0.482 e. The summed E-state index contributed by atoms with van der Waals surface area (Å²) >= 11 is 0. The van der Waals surface area contributed by atoms with E-state index < -0.39 is 17.5 Å². The lowest BCUT2D eigenvalue weighted by molar-refractivity contribution is -0.143. The zero-order chi connectivity index (χ0) is 24.0. The first-order chi connectivity index (χ1) is 16.3. The summed E-state index contributed by atoms with van der Waals surface area (Å²) in [5, 5.41) is 5.92. The average Bonchev–Trinajstić information content (AvgIpc) is 3.32. The number of anilines is 2. The van der Waals surface area contributed by atoms with Gasteiger partial charge in [-0.2, -0.15) is 0 Å². The molecular formula is C25H25FN4O4. The predicted octanol–water partition coefficient (Wildman–Crippen LogP) is 2.73. The fourth-order valence-electron chi connectivity index (χ4n) is 4.59. The van der Waals surface area contributed by atoms with Crippen molar-refractivity contribution in [2.75, 3.05) is 37.0 Å². The minimum Gasteiger partial charge on any atom is -0.482 e. The molecule has 1 aromatic carbocycles. The lowest BCUT2D eigenvalue weighted by Gasteiger charge is -2.33. The smallest absolute Gasteiger partial charge is 0.324 e. The molecule has 1 amide bonds. The van der Waals surface area contributed by atoms with E-state index >= 15 is 0 Å². The maximum absolute atomic E-state index is 13.9. The Morgan fingerprint density at radius 1 is 1.29 bits per heavy atom. The summed E-state index contributed by atoms with van der Waals surface area (Å²) in [6, 6.07) is 7.65. The summed E-state index contributed by atoms with van der Waals surface area (Å²) in [6.07, 6.45) is 3.58. The van der Waals surface area contributed by atoms with Gasteiger partial charge < -0.3 is 25.0 Å². The molecule has 1 fully saturated rings. The Bertz CT molecular complexity index is 1240. The number of nitrogens with one attached hydrogen (secondary N) is 2. The fourth-order valence-corrected chi connectivity index (χ4v) is 4.59. The van der Waals surface area contributed by atoms with Crippen LogP contribution in [0.5, 0.6) is 0 Å². The van der Waals surface area contributed by atoms with Crippen LogP contribution < -0.4 is 15.5 Å². The quantitative estimate of drug-likeness (QED) is 0.533. The third-order valence-electron chi connectivity index (χ3n) is 6.31. The van der Waals surface area contributed by atoms with Crippen LogP contribution >= 0.6 is 0 Å². The molecule has 1 aromatic heterocycles. The summed E-state index contributed by atoms with van der Waals surface area (Å²) in [4.78, 5) is 31.2. The second kappa shape index (κ2) is 8.25. The molecule has 2 N–H and O–H groups in total. The molecule has 8 nitrogen and oxygen atoms in total. The van der Waals surface area contributed by atoms with Crippen LogP contribution in [0.15, 0.2) is 48.4 Å². The van der Waals surface area contributed by atoms with Gasteiger partial charge in [0.2, 0.25) is 0 Å². The minimum atomic E-state index is -0.715. The molecule has 2 aromatic rings. The Balaban J connectivity index is 1.45. The van der Waals surface area contributed by atoms with Gasteiger partial charge in [0.15, 0.2) is 0 Å². The lowest BCUT2D eigenvalue weighted by Crippen LogP contribution is -2.54. The summed E-state index contributed by atoms with van der Waals surface area (Å²) < 4.78 is 24.9. The zero-order valence-electron chi connectivity index (χ0n) is 19.1. The second-order valence-corrected chi connectivity index (χ2v) is 8.93. The first kappa shape index (κ1) is 22.1. The van der Waals surface area contributed by atoms with Gasteiger partial charge in [0.1, 0.15) is 29.0 Å². The van der Waals surface area contributed by atoms with Gasteiger partial charge in [-0.05, 0) is 50.3 Å². The number of pyridine rings is 1. The van der Waals surface area contributed by atoms with Crippen LogP contribution in [0.1, 0.15) is 25.0 Å². The van der Waals surface area contributed by atoms with E-state index in [-0.39, 0.29) is 11.9 Å². The number of carbonyl (C=O) groups is 2. The number of piperazine rings is 1. The number of rotatable bonds is 3. The van der Waals surface area contributed by atoms with Crippen molar-refractivity contribution in [1.29, 1.82) is 0 Å². The summed E-state index contributed by atoms with van der Waals surface area (Å²) in [6.45, 7) is 5.67. The van der Waals surface area contributed by atoms with Gasteiger partial charge in [-0.15, -0.1) is 0 Å². The maximum Gasteiger partial charge on any atom is 0.324 e. The first-order valence-electron chi connectivity index (χ1n) is 11.1. The molecule has 0 saturated carbocycles. The monoisotopic (exact) mass is 464 g/mol. The number of halogens is 1. The number of ether oxygens (including phenoxy) is 2. The lowest BCUT2D eigenvalue weighted by atomic mass is 9.93. The molecule has 34 heavy (non-hydrogen) atoms. The van der Waals surface area contributed by atoms with Crippen LogP contribution in [-0.2, 0) is 19.1 Å². The SMILES string of the molecule is COC(=O)C1CN(c2ccc(C3=C/C(=C4\C(=O)Nc5ccc(F)cc54)OC3(C)C)cn2)CCN1. The predicted molar refractivity (Wildman–Crippen MR) is 125 cm³/mol. The molecule has 3 aliphatic rings. The zero-order valence-corrected chi connectivity index (χ0v) is 19.1. The number of benzene rings is 1. The fraction of sp³-hybridized carbons (Fsp3) is 0.320. The molecule has 1 saturated heterocycles. The van der Waals surface area contributed by atoms with Gasteiger partial charge in [0, 0.05) is 48.2 Å². The van der Waals surface area contributed by atoms with Gasteiger partial charge in [0.25, 0.3) is 5.91 Å². The molecular weight excluding hydrogens is 439 g/mol. The Hall–Kier alpha value is -3.72. The number of hydrogen-bond donors (Lipinski definition) is 2. The molecule has 0 aliphatic carbocycles. The van der Waals surface area contributed by atoms with E-state index in [0.29, 0.717) is 35.7 Å². The molecule has 1 atom stereocenters. The van der Waals surface area contributed by atoms with Crippen LogP contribution in [0, 0.1) is 5.82 Å². The van der Waals surface area contributed by atoms with Gasteiger partial charge in [-0.25, -0.2) is 9.37 Å². The average molecular weight is 464 g/mol. The van der Waals surface area contributed by atoms with Crippen molar-refractivity contribution in [2.45, 2.75) is 25.5 Å². The highest BCUT2D eigenvalue weighted by Gasteiger charge is 2.38. The molecule has 5 rings (SSSR count). The van der Waals surface area contributed by atoms with Crippen molar-refractivity contribution in [3.05, 3.63) is 65.3 Å². The summed E-state index contributed by atoms with van der Waals surface area (Å²) in [5.41, 5.74) is 2.36. The number of aromatic nitrogens is 1.